The molecular formula is C30H38N4O5S. The number of benzene rings is 3. The molecule has 1 atom stereocenters. The fraction of sp³-hybridized carbons (Fsp3) is 0.333. The van der Waals surface area contributed by atoms with Crippen LogP contribution in [0.25, 0.3) is 0 Å². The van der Waals surface area contributed by atoms with E-state index in [1.54, 1.807) is 49.6 Å². The highest BCUT2D eigenvalue weighted by molar-refractivity contribution is 7.90. The second kappa shape index (κ2) is 14.0. The monoisotopic (exact) mass is 566 g/mol. The van der Waals surface area contributed by atoms with Gasteiger partial charge in [0.15, 0.2) is 0 Å². The maximum absolute atomic E-state index is 14.2. The van der Waals surface area contributed by atoms with E-state index in [-0.39, 0.29) is 24.9 Å². The highest BCUT2D eigenvalue weighted by atomic mass is 32.2. The van der Waals surface area contributed by atoms with Gasteiger partial charge in [-0.2, -0.15) is 12.7 Å². The van der Waals surface area contributed by atoms with E-state index in [4.69, 9.17) is 4.74 Å². The van der Waals surface area contributed by atoms with Crippen molar-refractivity contribution in [2.75, 3.05) is 32.1 Å². The van der Waals surface area contributed by atoms with E-state index in [2.05, 4.69) is 5.32 Å². The highest BCUT2D eigenvalue weighted by Crippen LogP contribution is 2.22. The van der Waals surface area contributed by atoms with E-state index in [1.165, 1.54) is 19.0 Å². The fourth-order valence-electron chi connectivity index (χ4n) is 4.21. The van der Waals surface area contributed by atoms with Gasteiger partial charge in [-0.15, -0.1) is 0 Å². The third-order valence-corrected chi connectivity index (χ3v) is 8.07. The highest BCUT2D eigenvalue weighted by Gasteiger charge is 2.34. The van der Waals surface area contributed by atoms with Gasteiger partial charge in [-0.1, -0.05) is 60.7 Å². The largest absolute Gasteiger partial charge is 0.497 e. The number of nitrogens with zero attached hydrogens (tertiary/aromatic N) is 3. The van der Waals surface area contributed by atoms with E-state index in [9.17, 15) is 18.0 Å². The Balaban J connectivity index is 2.09. The average molecular weight is 567 g/mol. The molecule has 0 unspecified atom stereocenters. The summed E-state index contributed by atoms with van der Waals surface area (Å²) in [7, 11) is 0.356. The minimum atomic E-state index is -4.03. The van der Waals surface area contributed by atoms with Gasteiger partial charge >= 0.3 is 10.2 Å². The summed E-state index contributed by atoms with van der Waals surface area (Å²) in [5.41, 5.74) is 1.96. The molecule has 214 valence electrons. The summed E-state index contributed by atoms with van der Waals surface area (Å²) >= 11 is 0. The van der Waals surface area contributed by atoms with Crippen LogP contribution in [0.15, 0.2) is 84.9 Å². The van der Waals surface area contributed by atoms with E-state index in [1.807, 2.05) is 56.3 Å². The second-order valence-electron chi connectivity index (χ2n) is 9.87. The smallest absolute Gasteiger partial charge is 0.304 e. The number of amides is 2. The van der Waals surface area contributed by atoms with E-state index < -0.39 is 28.7 Å². The van der Waals surface area contributed by atoms with E-state index in [0.717, 1.165) is 19.7 Å². The van der Waals surface area contributed by atoms with Gasteiger partial charge in [0.05, 0.1) is 12.8 Å². The number of para-hydroxylation sites is 1. The number of ether oxygens (including phenoxy) is 1. The molecule has 0 radical (unpaired) electrons. The second-order valence-corrected chi connectivity index (χ2v) is 11.9. The van der Waals surface area contributed by atoms with Gasteiger partial charge in [0.2, 0.25) is 11.8 Å². The molecule has 9 nitrogen and oxygen atoms in total. The predicted octanol–water partition coefficient (Wildman–Crippen LogP) is 3.47. The Morgan fingerprint density at radius 3 is 2.05 bits per heavy atom. The normalized spacial score (nSPS) is 12.2. The summed E-state index contributed by atoms with van der Waals surface area (Å²) in [6, 6.07) is 24.1. The molecule has 1 N–H and O–H groups in total. The molecule has 0 aliphatic heterocycles. The van der Waals surface area contributed by atoms with Crippen molar-refractivity contribution in [3.05, 3.63) is 96.1 Å². The minimum Gasteiger partial charge on any atom is -0.497 e. The van der Waals surface area contributed by atoms with Gasteiger partial charge in [-0.25, -0.2) is 4.31 Å². The van der Waals surface area contributed by atoms with Crippen LogP contribution in [-0.2, 0) is 32.8 Å². The molecule has 0 aliphatic rings. The van der Waals surface area contributed by atoms with Crippen molar-refractivity contribution >= 4 is 27.7 Å². The SMILES string of the molecule is COc1cccc(CN(C(=O)CN(c2ccccc2)S(=O)(=O)N(C)C)[C@H](Cc2ccccc2)C(=O)NC(C)C)c1. The van der Waals surface area contributed by atoms with Gasteiger partial charge in [0.1, 0.15) is 18.3 Å². The molecule has 0 aliphatic carbocycles. The topological polar surface area (TPSA) is 99.3 Å². The molecule has 0 fully saturated rings. The Morgan fingerprint density at radius 1 is 0.875 bits per heavy atom. The lowest BCUT2D eigenvalue weighted by atomic mass is 10.0. The van der Waals surface area contributed by atoms with Crippen molar-refractivity contribution in [3.8, 4) is 5.75 Å². The molecule has 0 heterocycles. The summed E-state index contributed by atoms with van der Waals surface area (Å²) in [6.07, 6.45) is 0.251. The van der Waals surface area contributed by atoms with Crippen LogP contribution in [0.4, 0.5) is 5.69 Å². The predicted molar refractivity (Wildman–Crippen MR) is 157 cm³/mol. The Bertz CT molecular complexity index is 1370. The van der Waals surface area contributed by atoms with Crippen molar-refractivity contribution < 1.29 is 22.7 Å². The van der Waals surface area contributed by atoms with Crippen LogP contribution in [0.5, 0.6) is 5.75 Å². The summed E-state index contributed by atoms with van der Waals surface area (Å²) in [4.78, 5) is 29.2. The average Bonchev–Trinajstić information content (AvgIpc) is 2.94. The molecule has 0 spiro atoms. The molecule has 3 aromatic rings. The molecule has 40 heavy (non-hydrogen) atoms. The lowest BCUT2D eigenvalue weighted by Crippen LogP contribution is -2.55. The Hall–Kier alpha value is -3.89. The third kappa shape index (κ3) is 8.06. The maximum Gasteiger partial charge on any atom is 0.304 e. The number of anilines is 1. The number of hydrogen-bond donors (Lipinski definition) is 1. The van der Waals surface area contributed by atoms with Crippen molar-refractivity contribution in [2.24, 2.45) is 0 Å². The van der Waals surface area contributed by atoms with Gasteiger partial charge in [0.25, 0.3) is 0 Å². The zero-order chi connectivity index (χ0) is 29.3. The molecule has 0 bridgehead atoms. The van der Waals surface area contributed by atoms with Crippen molar-refractivity contribution in [1.29, 1.82) is 0 Å². The number of carbonyl (C=O) groups excluding carboxylic acids is 2. The van der Waals surface area contributed by atoms with Gasteiger partial charge in [-0.05, 0) is 49.2 Å². The first-order chi connectivity index (χ1) is 19.0. The summed E-state index contributed by atoms with van der Waals surface area (Å²) in [6.45, 7) is 3.29. The first-order valence-corrected chi connectivity index (χ1v) is 14.4. The number of carbonyl (C=O) groups is 2. The van der Waals surface area contributed by atoms with Crippen LogP contribution in [0.2, 0.25) is 0 Å². The van der Waals surface area contributed by atoms with Crippen molar-refractivity contribution in [3.63, 3.8) is 0 Å². The lowest BCUT2D eigenvalue weighted by Gasteiger charge is -2.34. The number of hydrogen-bond acceptors (Lipinski definition) is 5. The Morgan fingerprint density at radius 2 is 1.48 bits per heavy atom. The van der Waals surface area contributed by atoms with Gasteiger partial charge in [0, 0.05) is 33.1 Å². The summed E-state index contributed by atoms with van der Waals surface area (Å²) < 4.78 is 34.2. The minimum absolute atomic E-state index is 0.0731. The molecule has 2 amide bonds. The first-order valence-electron chi connectivity index (χ1n) is 13.0. The summed E-state index contributed by atoms with van der Waals surface area (Å²) in [5.74, 6) is -0.231. The van der Waals surface area contributed by atoms with Crippen LogP contribution in [0.3, 0.4) is 0 Å². The first kappa shape index (κ1) is 30.6. The summed E-state index contributed by atoms with van der Waals surface area (Å²) in [5, 5.41) is 2.94. The van der Waals surface area contributed by atoms with E-state index in [0.29, 0.717) is 11.4 Å². The van der Waals surface area contributed by atoms with Crippen LogP contribution in [0.1, 0.15) is 25.0 Å². The van der Waals surface area contributed by atoms with Gasteiger partial charge in [-0.3, -0.25) is 9.59 Å². The zero-order valence-electron chi connectivity index (χ0n) is 23.7. The van der Waals surface area contributed by atoms with Crippen LogP contribution < -0.4 is 14.4 Å². The number of methoxy groups -OCH3 is 1. The van der Waals surface area contributed by atoms with Gasteiger partial charge < -0.3 is 15.0 Å². The zero-order valence-corrected chi connectivity index (χ0v) is 24.5. The van der Waals surface area contributed by atoms with Crippen molar-refractivity contribution in [1.82, 2.24) is 14.5 Å². The Labute approximate surface area is 237 Å². The molecule has 3 rings (SSSR count). The molecule has 0 saturated carbocycles. The maximum atomic E-state index is 14.2. The molecular weight excluding hydrogens is 528 g/mol. The number of rotatable bonds is 13. The van der Waals surface area contributed by atoms with Crippen LogP contribution in [-0.4, -0.2) is 69.3 Å². The van der Waals surface area contributed by atoms with E-state index >= 15 is 0 Å². The molecule has 3 aromatic carbocycles. The standard InChI is InChI=1S/C30H38N4O5S/c1-23(2)31-30(36)28(20-24-13-8-6-9-14-24)33(21-25-15-12-18-27(19-25)39-5)29(35)22-34(40(37,38)32(3)4)26-16-10-7-11-17-26/h6-19,23,28H,20-22H2,1-5H3,(H,31,36)/t28-/m1/s1. The molecule has 10 heteroatoms. The third-order valence-electron chi connectivity index (χ3n) is 6.25. The van der Waals surface area contributed by atoms with Crippen LogP contribution >= 0.6 is 0 Å². The Kier molecular flexibility index (Phi) is 10.7. The number of nitrogens with one attached hydrogen (secondary N) is 1. The molecule has 0 aromatic heterocycles. The lowest BCUT2D eigenvalue weighted by molar-refractivity contribution is -0.140. The van der Waals surface area contributed by atoms with Crippen molar-refractivity contribution in [2.45, 2.75) is 38.9 Å². The molecule has 0 saturated heterocycles. The quantitative estimate of drug-likeness (QED) is 0.342. The van der Waals surface area contributed by atoms with Crippen LogP contribution in [0, 0.1) is 0 Å². The fourth-order valence-corrected chi connectivity index (χ4v) is 5.27.